The van der Waals surface area contributed by atoms with Gasteiger partial charge in [0, 0.05) is 35.3 Å². The molecule has 2 rings (SSSR count). The van der Waals surface area contributed by atoms with Crippen molar-refractivity contribution >= 4 is 17.4 Å². The first-order valence-electron chi connectivity index (χ1n) is 6.61. The molecule has 0 aliphatic carbocycles. The van der Waals surface area contributed by atoms with Crippen LogP contribution in [0.3, 0.4) is 0 Å². The van der Waals surface area contributed by atoms with Gasteiger partial charge in [0.1, 0.15) is 0 Å². The van der Waals surface area contributed by atoms with Gasteiger partial charge >= 0.3 is 0 Å². The summed E-state index contributed by atoms with van der Waals surface area (Å²) >= 11 is 1.76. The lowest BCUT2D eigenvalue weighted by Crippen LogP contribution is -2.26. The smallest absolute Gasteiger partial charge is 0.0419 e. The number of hydrogen-bond donors (Lipinski definition) is 1. The first kappa shape index (κ1) is 14.0. The number of thiophene rings is 1. The van der Waals surface area contributed by atoms with Crippen molar-refractivity contribution in [1.29, 1.82) is 0 Å². The molecule has 0 bridgehead atoms. The molecule has 0 fully saturated rings. The van der Waals surface area contributed by atoms with Crippen LogP contribution in [0.25, 0.3) is 6.08 Å². The van der Waals surface area contributed by atoms with Crippen LogP contribution in [0.4, 0.5) is 0 Å². The Bertz CT molecular complexity index is 517. The highest BCUT2D eigenvalue weighted by molar-refractivity contribution is 7.10. The quantitative estimate of drug-likeness (QED) is 0.867. The van der Waals surface area contributed by atoms with E-state index in [-0.39, 0.29) is 0 Å². The second kappa shape index (κ2) is 7.22. The number of nitrogens with zero attached hydrogens (tertiary/aromatic N) is 1. The zero-order valence-corrected chi connectivity index (χ0v) is 12.3. The van der Waals surface area contributed by atoms with Crippen LogP contribution in [0, 0.1) is 6.92 Å². The van der Waals surface area contributed by atoms with Gasteiger partial charge in [0.25, 0.3) is 0 Å². The largest absolute Gasteiger partial charge is 0.310 e. The lowest BCUT2D eigenvalue weighted by molar-refractivity contribution is 0.629. The third-order valence-corrected chi connectivity index (χ3v) is 3.72. The molecule has 1 atom stereocenters. The van der Waals surface area contributed by atoms with Crippen molar-refractivity contribution in [2.75, 3.05) is 6.54 Å². The molecule has 0 aliphatic heterocycles. The van der Waals surface area contributed by atoms with E-state index in [1.807, 2.05) is 13.0 Å². The minimum Gasteiger partial charge on any atom is -0.310 e. The molecule has 2 aromatic rings. The molecule has 0 saturated carbocycles. The standard InChI is InChI=1S/C16H20N2S/c1-13(8-9-16-7-4-12-19-16)17-11-10-15-6-3-5-14(2)18-15/h3-9,12-13,17H,10-11H2,1-2H3. The fraction of sp³-hybridized carbons (Fsp3) is 0.312. The average molecular weight is 272 g/mol. The van der Waals surface area contributed by atoms with Crippen LogP contribution >= 0.6 is 11.3 Å². The number of pyridine rings is 1. The van der Waals surface area contributed by atoms with Gasteiger partial charge in [-0.25, -0.2) is 0 Å². The molecule has 0 amide bonds. The van der Waals surface area contributed by atoms with Gasteiger partial charge in [-0.1, -0.05) is 18.2 Å². The molecule has 100 valence electrons. The van der Waals surface area contributed by atoms with E-state index < -0.39 is 0 Å². The third-order valence-electron chi connectivity index (χ3n) is 2.89. The molecule has 0 aliphatic rings. The molecule has 3 heteroatoms. The van der Waals surface area contributed by atoms with E-state index >= 15 is 0 Å². The molecular formula is C16H20N2S. The maximum atomic E-state index is 4.50. The molecule has 1 unspecified atom stereocenters. The second-order valence-corrected chi connectivity index (χ2v) is 5.62. The minimum atomic E-state index is 0.381. The summed E-state index contributed by atoms with van der Waals surface area (Å²) in [7, 11) is 0. The van der Waals surface area contributed by atoms with E-state index in [9.17, 15) is 0 Å². The van der Waals surface area contributed by atoms with Crippen molar-refractivity contribution in [3.63, 3.8) is 0 Å². The SMILES string of the molecule is Cc1cccc(CCNC(C)C=Cc2cccs2)n1. The van der Waals surface area contributed by atoms with Crippen LogP contribution in [0.2, 0.25) is 0 Å². The van der Waals surface area contributed by atoms with Gasteiger partial charge in [-0.3, -0.25) is 4.98 Å². The summed E-state index contributed by atoms with van der Waals surface area (Å²) in [5, 5.41) is 5.59. The molecule has 0 aromatic carbocycles. The van der Waals surface area contributed by atoms with Gasteiger partial charge in [-0.15, -0.1) is 11.3 Å². The van der Waals surface area contributed by atoms with Crippen LogP contribution in [0.5, 0.6) is 0 Å². The molecular weight excluding hydrogens is 252 g/mol. The molecule has 0 radical (unpaired) electrons. The van der Waals surface area contributed by atoms with Crippen LogP contribution in [0.15, 0.2) is 41.8 Å². The fourth-order valence-electron chi connectivity index (χ4n) is 1.86. The Morgan fingerprint density at radius 1 is 1.32 bits per heavy atom. The maximum Gasteiger partial charge on any atom is 0.0419 e. The van der Waals surface area contributed by atoms with Crippen LogP contribution < -0.4 is 5.32 Å². The minimum absolute atomic E-state index is 0.381. The number of rotatable bonds is 6. The monoisotopic (exact) mass is 272 g/mol. The Hall–Kier alpha value is -1.45. The van der Waals surface area contributed by atoms with Gasteiger partial charge < -0.3 is 5.32 Å². The summed E-state index contributed by atoms with van der Waals surface area (Å²) in [6.45, 7) is 5.16. The Morgan fingerprint density at radius 3 is 2.95 bits per heavy atom. The summed E-state index contributed by atoms with van der Waals surface area (Å²) in [5.74, 6) is 0. The number of nitrogens with one attached hydrogen (secondary N) is 1. The van der Waals surface area contributed by atoms with Crippen molar-refractivity contribution in [3.05, 3.63) is 58.1 Å². The molecule has 2 nitrogen and oxygen atoms in total. The van der Waals surface area contributed by atoms with Gasteiger partial charge in [0.2, 0.25) is 0 Å². The number of aryl methyl sites for hydroxylation is 1. The van der Waals surface area contributed by atoms with Crippen molar-refractivity contribution in [2.24, 2.45) is 0 Å². The van der Waals surface area contributed by atoms with Crippen LogP contribution in [0.1, 0.15) is 23.2 Å². The zero-order chi connectivity index (χ0) is 13.5. The van der Waals surface area contributed by atoms with Crippen molar-refractivity contribution in [1.82, 2.24) is 10.3 Å². The van der Waals surface area contributed by atoms with E-state index in [0.717, 1.165) is 24.4 Å². The first-order chi connectivity index (χ1) is 9.24. The zero-order valence-electron chi connectivity index (χ0n) is 11.5. The lowest BCUT2D eigenvalue weighted by Gasteiger charge is -2.09. The van der Waals surface area contributed by atoms with Gasteiger partial charge in [0.05, 0.1) is 0 Å². The Morgan fingerprint density at radius 2 is 2.21 bits per heavy atom. The normalized spacial score (nSPS) is 12.9. The average Bonchev–Trinajstić information content (AvgIpc) is 2.89. The van der Waals surface area contributed by atoms with E-state index in [1.54, 1.807) is 11.3 Å². The number of hydrogen-bond acceptors (Lipinski definition) is 3. The Kier molecular flexibility index (Phi) is 5.31. The first-order valence-corrected chi connectivity index (χ1v) is 7.49. The summed E-state index contributed by atoms with van der Waals surface area (Å²) in [6, 6.07) is 10.8. The molecule has 0 spiro atoms. The highest BCUT2D eigenvalue weighted by Crippen LogP contribution is 2.10. The highest BCUT2D eigenvalue weighted by Gasteiger charge is 1.98. The predicted molar refractivity (Wildman–Crippen MR) is 83.5 cm³/mol. The summed E-state index contributed by atoms with van der Waals surface area (Å²) in [6.07, 6.45) is 5.35. The summed E-state index contributed by atoms with van der Waals surface area (Å²) < 4.78 is 0. The summed E-state index contributed by atoms with van der Waals surface area (Å²) in [5.41, 5.74) is 2.24. The lowest BCUT2D eigenvalue weighted by atomic mass is 10.2. The molecule has 2 aromatic heterocycles. The maximum absolute atomic E-state index is 4.50. The highest BCUT2D eigenvalue weighted by atomic mass is 32.1. The van der Waals surface area contributed by atoms with Crippen molar-refractivity contribution < 1.29 is 0 Å². The molecule has 2 heterocycles. The van der Waals surface area contributed by atoms with Gasteiger partial charge in [-0.2, -0.15) is 0 Å². The third kappa shape index (κ3) is 4.97. The number of aromatic nitrogens is 1. The van der Waals surface area contributed by atoms with E-state index in [0.29, 0.717) is 6.04 Å². The molecule has 0 saturated heterocycles. The van der Waals surface area contributed by atoms with E-state index in [1.165, 1.54) is 4.88 Å². The van der Waals surface area contributed by atoms with E-state index in [4.69, 9.17) is 0 Å². The second-order valence-electron chi connectivity index (χ2n) is 4.64. The molecule has 19 heavy (non-hydrogen) atoms. The van der Waals surface area contributed by atoms with E-state index in [2.05, 4.69) is 59.0 Å². The Labute approximate surface area is 119 Å². The molecule has 1 N–H and O–H groups in total. The van der Waals surface area contributed by atoms with Gasteiger partial charge in [0.15, 0.2) is 0 Å². The van der Waals surface area contributed by atoms with Gasteiger partial charge in [-0.05, 0) is 43.5 Å². The fourth-order valence-corrected chi connectivity index (χ4v) is 2.49. The topological polar surface area (TPSA) is 24.9 Å². The van der Waals surface area contributed by atoms with Crippen LogP contribution in [-0.2, 0) is 6.42 Å². The van der Waals surface area contributed by atoms with Crippen LogP contribution in [-0.4, -0.2) is 17.6 Å². The summed E-state index contributed by atoms with van der Waals surface area (Å²) in [4.78, 5) is 5.80. The van der Waals surface area contributed by atoms with Crippen molar-refractivity contribution in [3.8, 4) is 0 Å². The Balaban J connectivity index is 1.73. The predicted octanol–water partition coefficient (Wildman–Crippen LogP) is 3.69. The van der Waals surface area contributed by atoms with Crippen molar-refractivity contribution in [2.45, 2.75) is 26.3 Å².